The van der Waals surface area contributed by atoms with Crippen molar-refractivity contribution >= 4 is 11.5 Å². The minimum absolute atomic E-state index is 0.271. The largest absolute Gasteiger partial charge is 0.356 e. The second kappa shape index (κ2) is 5.68. The number of nitrogens with zero attached hydrogens (tertiary/aromatic N) is 1. The lowest BCUT2D eigenvalue weighted by Gasteiger charge is -2.60. The number of hydrogen-bond donors (Lipinski definition) is 1. The second-order valence-corrected chi connectivity index (χ2v) is 9.69. The highest BCUT2D eigenvalue weighted by molar-refractivity contribution is 5.77. The maximum absolute atomic E-state index is 11.9. The summed E-state index contributed by atoms with van der Waals surface area (Å²) in [5.41, 5.74) is 3.46. The van der Waals surface area contributed by atoms with Crippen molar-refractivity contribution in [1.29, 1.82) is 0 Å². The van der Waals surface area contributed by atoms with Gasteiger partial charge in [0.2, 0.25) is 5.91 Å². The Kier molecular flexibility index (Phi) is 3.61. The minimum Gasteiger partial charge on any atom is -0.356 e. The molecule has 0 radical (unpaired) electrons. The van der Waals surface area contributed by atoms with E-state index < -0.39 is 0 Å². The molecule has 1 aliphatic heterocycles. The van der Waals surface area contributed by atoms with Gasteiger partial charge in [0, 0.05) is 25.4 Å². The normalized spacial score (nSPS) is 44.4. The molecule has 5 rings (SSSR count). The molecule has 2 saturated carbocycles. The van der Waals surface area contributed by atoms with Crippen LogP contribution in [0.15, 0.2) is 30.6 Å². The number of pyridine rings is 1. The maximum Gasteiger partial charge on any atom is 0.220 e. The van der Waals surface area contributed by atoms with Gasteiger partial charge in [0.15, 0.2) is 0 Å². The van der Waals surface area contributed by atoms with Crippen LogP contribution in [0.3, 0.4) is 0 Å². The van der Waals surface area contributed by atoms with E-state index in [9.17, 15) is 4.79 Å². The van der Waals surface area contributed by atoms with Crippen molar-refractivity contribution in [1.82, 2.24) is 10.3 Å². The molecule has 3 nitrogen and oxygen atoms in total. The maximum atomic E-state index is 11.9. The molecule has 6 atom stereocenters. The van der Waals surface area contributed by atoms with Gasteiger partial charge in [-0.1, -0.05) is 26.0 Å². The van der Waals surface area contributed by atoms with Crippen LogP contribution in [0.1, 0.15) is 57.9 Å². The fourth-order valence-corrected chi connectivity index (χ4v) is 7.27. The van der Waals surface area contributed by atoms with Crippen LogP contribution in [0.4, 0.5) is 0 Å². The van der Waals surface area contributed by atoms with Crippen molar-refractivity contribution in [3.63, 3.8) is 0 Å². The molecule has 1 saturated heterocycles. The number of hydrogen-bond acceptors (Lipinski definition) is 2. The van der Waals surface area contributed by atoms with E-state index in [0.717, 1.165) is 30.7 Å². The SMILES string of the molecule is CC12CCC3C(CCC4CC(=O)NCC43C)C1CC=C2c1cccnc1. The van der Waals surface area contributed by atoms with Crippen LogP contribution < -0.4 is 5.32 Å². The number of allylic oxidation sites excluding steroid dienone is 2. The summed E-state index contributed by atoms with van der Waals surface area (Å²) in [6.45, 7) is 5.88. The number of amides is 1. The van der Waals surface area contributed by atoms with Crippen molar-refractivity contribution in [3.8, 4) is 0 Å². The number of carbonyl (C=O) groups excluding carboxylic acids is 1. The molecule has 1 N–H and O–H groups in total. The Labute approximate surface area is 156 Å². The average molecular weight is 351 g/mol. The van der Waals surface area contributed by atoms with Gasteiger partial charge in [0.05, 0.1) is 0 Å². The average Bonchev–Trinajstić information content (AvgIpc) is 3.00. The predicted octanol–water partition coefficient (Wildman–Crippen LogP) is 4.45. The second-order valence-electron chi connectivity index (χ2n) is 9.69. The topological polar surface area (TPSA) is 42.0 Å². The summed E-state index contributed by atoms with van der Waals surface area (Å²) in [7, 11) is 0. The van der Waals surface area contributed by atoms with Crippen molar-refractivity contribution in [3.05, 3.63) is 36.2 Å². The van der Waals surface area contributed by atoms with Gasteiger partial charge in [-0.2, -0.15) is 0 Å². The van der Waals surface area contributed by atoms with Gasteiger partial charge >= 0.3 is 0 Å². The predicted molar refractivity (Wildman–Crippen MR) is 103 cm³/mol. The standard InChI is InChI=1S/C23H30N2O/c1-22-10-9-20-17(6-5-16-12-21(26)25-14-23(16,20)2)19(22)8-7-18(22)15-4-3-11-24-13-15/h3-4,7,11,13,16-17,19-20H,5-6,8-10,12,14H2,1-2H3,(H,25,26). The number of carbonyl (C=O) groups is 1. The first-order valence-corrected chi connectivity index (χ1v) is 10.4. The lowest BCUT2D eigenvalue weighted by molar-refractivity contribution is -0.137. The summed E-state index contributed by atoms with van der Waals surface area (Å²) in [5.74, 6) is 3.19. The van der Waals surface area contributed by atoms with Crippen molar-refractivity contribution in [2.75, 3.05) is 6.54 Å². The molecule has 0 spiro atoms. The monoisotopic (exact) mass is 350 g/mol. The van der Waals surface area contributed by atoms with Crippen LogP contribution >= 0.6 is 0 Å². The van der Waals surface area contributed by atoms with Gasteiger partial charge < -0.3 is 5.32 Å². The first kappa shape index (κ1) is 16.5. The van der Waals surface area contributed by atoms with Crippen LogP contribution in [-0.4, -0.2) is 17.4 Å². The Morgan fingerprint density at radius 3 is 2.88 bits per heavy atom. The first-order chi connectivity index (χ1) is 12.5. The fourth-order valence-electron chi connectivity index (χ4n) is 7.27. The summed E-state index contributed by atoms with van der Waals surface area (Å²) >= 11 is 0. The first-order valence-electron chi connectivity index (χ1n) is 10.4. The van der Waals surface area contributed by atoms with Crippen molar-refractivity contribution < 1.29 is 4.79 Å². The minimum atomic E-state index is 0.271. The summed E-state index contributed by atoms with van der Waals surface area (Å²) in [6, 6.07) is 4.29. The third-order valence-corrected chi connectivity index (χ3v) is 8.72. The number of fused-ring (bicyclic) bond motifs is 5. The van der Waals surface area contributed by atoms with Crippen LogP contribution in [0.5, 0.6) is 0 Å². The molecule has 3 heteroatoms. The molecule has 138 valence electrons. The Morgan fingerprint density at radius 1 is 1.19 bits per heavy atom. The van der Waals surface area contributed by atoms with E-state index >= 15 is 0 Å². The Bertz CT molecular complexity index is 757. The summed E-state index contributed by atoms with van der Waals surface area (Å²) < 4.78 is 0. The van der Waals surface area contributed by atoms with E-state index in [2.05, 4.69) is 42.4 Å². The van der Waals surface area contributed by atoms with Gasteiger partial charge in [-0.05, 0) is 83.8 Å². The number of piperidine rings is 1. The van der Waals surface area contributed by atoms with Gasteiger partial charge in [-0.15, -0.1) is 0 Å². The van der Waals surface area contributed by atoms with Crippen LogP contribution in [0.2, 0.25) is 0 Å². The Hall–Kier alpha value is -1.64. The summed E-state index contributed by atoms with van der Waals surface area (Å²) in [5, 5.41) is 3.20. The van der Waals surface area contributed by atoms with Crippen molar-refractivity contribution in [2.24, 2.45) is 34.5 Å². The van der Waals surface area contributed by atoms with Crippen LogP contribution in [0, 0.1) is 34.5 Å². The lowest BCUT2D eigenvalue weighted by Crippen LogP contribution is -2.58. The van der Waals surface area contributed by atoms with Crippen LogP contribution in [-0.2, 0) is 4.79 Å². The van der Waals surface area contributed by atoms with E-state index in [-0.39, 0.29) is 5.91 Å². The van der Waals surface area contributed by atoms with E-state index in [1.54, 1.807) is 5.57 Å². The molecule has 3 aliphatic carbocycles. The van der Waals surface area contributed by atoms with Crippen LogP contribution in [0.25, 0.3) is 5.57 Å². The molecule has 3 fully saturated rings. The molecule has 1 aromatic rings. The quantitative estimate of drug-likeness (QED) is 0.813. The zero-order valence-electron chi connectivity index (χ0n) is 16.0. The van der Waals surface area contributed by atoms with E-state index in [4.69, 9.17) is 0 Å². The van der Waals surface area contributed by atoms with Gasteiger partial charge in [0.1, 0.15) is 0 Å². The molecule has 1 aromatic heterocycles. The molecular formula is C23H30N2O. The number of aromatic nitrogens is 1. The van der Waals surface area contributed by atoms with Gasteiger partial charge in [0.25, 0.3) is 0 Å². The molecule has 26 heavy (non-hydrogen) atoms. The zero-order valence-corrected chi connectivity index (χ0v) is 16.0. The van der Waals surface area contributed by atoms with E-state index in [1.165, 1.54) is 37.7 Å². The third kappa shape index (κ3) is 2.18. The van der Waals surface area contributed by atoms with Gasteiger partial charge in [-0.25, -0.2) is 0 Å². The number of nitrogens with one attached hydrogen (secondary N) is 1. The van der Waals surface area contributed by atoms with Crippen molar-refractivity contribution in [2.45, 2.75) is 52.4 Å². The molecule has 4 aliphatic rings. The Balaban J connectivity index is 1.45. The highest BCUT2D eigenvalue weighted by atomic mass is 16.1. The fraction of sp³-hybridized carbons (Fsp3) is 0.652. The summed E-state index contributed by atoms with van der Waals surface area (Å²) in [6.07, 6.45) is 13.5. The smallest absolute Gasteiger partial charge is 0.220 e. The number of rotatable bonds is 1. The lowest BCUT2D eigenvalue weighted by atomic mass is 9.46. The molecular weight excluding hydrogens is 320 g/mol. The van der Waals surface area contributed by atoms with E-state index in [0.29, 0.717) is 16.7 Å². The van der Waals surface area contributed by atoms with Gasteiger partial charge in [-0.3, -0.25) is 9.78 Å². The highest BCUT2D eigenvalue weighted by Gasteiger charge is 2.58. The molecule has 0 aromatic carbocycles. The molecule has 0 bridgehead atoms. The van der Waals surface area contributed by atoms with E-state index in [1.807, 2.05) is 12.4 Å². The molecule has 2 heterocycles. The summed E-state index contributed by atoms with van der Waals surface area (Å²) in [4.78, 5) is 16.3. The highest BCUT2D eigenvalue weighted by Crippen LogP contribution is 2.65. The Morgan fingerprint density at radius 2 is 2.08 bits per heavy atom. The molecule has 1 amide bonds. The zero-order chi connectivity index (χ0) is 17.9. The molecule has 6 unspecified atom stereocenters. The third-order valence-electron chi connectivity index (χ3n) is 8.72.